The zero-order valence-electron chi connectivity index (χ0n) is 13.3. The van der Waals surface area contributed by atoms with Gasteiger partial charge in [0.25, 0.3) is 5.56 Å². The van der Waals surface area contributed by atoms with Crippen LogP contribution in [0, 0.1) is 0 Å². The predicted octanol–water partition coefficient (Wildman–Crippen LogP) is 3.05. The van der Waals surface area contributed by atoms with Crippen molar-refractivity contribution < 1.29 is 9.84 Å². The Hall–Kier alpha value is -2.70. The van der Waals surface area contributed by atoms with E-state index in [1.165, 1.54) is 22.2 Å². The second kappa shape index (κ2) is 6.66. The Kier molecular flexibility index (Phi) is 4.21. The SMILES string of the molecule is O=c1c2ccsc2ncn1CC(O)COc1ccc2ccccc2c1. The Morgan fingerprint density at radius 1 is 1.16 bits per heavy atom. The molecule has 2 heterocycles. The van der Waals surface area contributed by atoms with Gasteiger partial charge < -0.3 is 9.84 Å². The summed E-state index contributed by atoms with van der Waals surface area (Å²) in [6, 6.07) is 15.6. The molecule has 0 aliphatic heterocycles. The lowest BCUT2D eigenvalue weighted by Crippen LogP contribution is -2.30. The first-order valence-electron chi connectivity index (χ1n) is 7.93. The highest BCUT2D eigenvalue weighted by atomic mass is 32.1. The van der Waals surface area contributed by atoms with Crippen molar-refractivity contribution in [1.82, 2.24) is 9.55 Å². The van der Waals surface area contributed by atoms with E-state index < -0.39 is 6.10 Å². The molecule has 4 rings (SSSR count). The van der Waals surface area contributed by atoms with Gasteiger partial charge in [-0.2, -0.15) is 0 Å². The van der Waals surface area contributed by atoms with Crippen molar-refractivity contribution in [2.45, 2.75) is 12.6 Å². The minimum atomic E-state index is -0.804. The van der Waals surface area contributed by atoms with Gasteiger partial charge in [0.05, 0.1) is 18.3 Å². The van der Waals surface area contributed by atoms with Crippen LogP contribution >= 0.6 is 11.3 Å². The fourth-order valence-electron chi connectivity index (χ4n) is 2.75. The lowest BCUT2D eigenvalue weighted by Gasteiger charge is -2.14. The topological polar surface area (TPSA) is 64.4 Å². The number of aliphatic hydroxyl groups excluding tert-OH is 1. The summed E-state index contributed by atoms with van der Waals surface area (Å²) in [5.41, 5.74) is -0.143. The highest BCUT2D eigenvalue weighted by Crippen LogP contribution is 2.20. The molecule has 0 amide bonds. The molecule has 4 aromatic rings. The molecule has 1 N–H and O–H groups in total. The van der Waals surface area contributed by atoms with Crippen LogP contribution in [0.3, 0.4) is 0 Å². The summed E-state index contributed by atoms with van der Waals surface area (Å²) in [6.45, 7) is 0.248. The molecule has 5 nitrogen and oxygen atoms in total. The van der Waals surface area contributed by atoms with E-state index in [-0.39, 0.29) is 18.7 Å². The first kappa shape index (κ1) is 15.8. The largest absolute Gasteiger partial charge is 0.491 e. The number of nitrogens with zero attached hydrogens (tertiary/aromatic N) is 2. The summed E-state index contributed by atoms with van der Waals surface area (Å²) in [4.78, 5) is 17.3. The zero-order valence-corrected chi connectivity index (χ0v) is 14.1. The van der Waals surface area contributed by atoms with E-state index in [1.54, 1.807) is 6.07 Å². The van der Waals surface area contributed by atoms with E-state index in [2.05, 4.69) is 4.98 Å². The monoisotopic (exact) mass is 352 g/mol. The molecule has 0 aliphatic carbocycles. The summed E-state index contributed by atoms with van der Waals surface area (Å²) >= 11 is 1.43. The number of fused-ring (bicyclic) bond motifs is 2. The van der Waals surface area contributed by atoms with Crippen molar-refractivity contribution in [2.75, 3.05) is 6.61 Å². The van der Waals surface area contributed by atoms with Crippen molar-refractivity contribution in [3.05, 3.63) is 70.6 Å². The van der Waals surface area contributed by atoms with Gasteiger partial charge in [-0.1, -0.05) is 30.3 Å². The minimum Gasteiger partial charge on any atom is -0.491 e. The molecule has 1 atom stereocenters. The number of thiophene rings is 1. The van der Waals surface area contributed by atoms with Gasteiger partial charge in [0.1, 0.15) is 23.3 Å². The van der Waals surface area contributed by atoms with E-state index >= 15 is 0 Å². The molecule has 0 fully saturated rings. The van der Waals surface area contributed by atoms with E-state index in [0.29, 0.717) is 16.0 Å². The zero-order chi connectivity index (χ0) is 17.2. The van der Waals surface area contributed by atoms with Crippen LogP contribution in [-0.4, -0.2) is 27.4 Å². The predicted molar refractivity (Wildman–Crippen MR) is 99.3 cm³/mol. The molecule has 25 heavy (non-hydrogen) atoms. The van der Waals surface area contributed by atoms with E-state index in [1.807, 2.05) is 47.8 Å². The van der Waals surface area contributed by atoms with Crippen LogP contribution in [0.2, 0.25) is 0 Å². The Balaban J connectivity index is 1.44. The maximum absolute atomic E-state index is 12.3. The number of aliphatic hydroxyl groups is 1. The van der Waals surface area contributed by atoms with Crippen molar-refractivity contribution in [3.63, 3.8) is 0 Å². The number of benzene rings is 2. The number of hydrogen-bond acceptors (Lipinski definition) is 5. The van der Waals surface area contributed by atoms with Crippen LogP contribution in [0.15, 0.2) is 65.0 Å². The number of ether oxygens (including phenoxy) is 1. The fraction of sp³-hybridized carbons (Fsp3) is 0.158. The van der Waals surface area contributed by atoms with Gasteiger partial charge in [0.2, 0.25) is 0 Å². The van der Waals surface area contributed by atoms with Crippen LogP contribution in [0.4, 0.5) is 0 Å². The van der Waals surface area contributed by atoms with Gasteiger partial charge in [0, 0.05) is 0 Å². The third kappa shape index (κ3) is 3.26. The minimum absolute atomic E-state index is 0.104. The first-order valence-corrected chi connectivity index (χ1v) is 8.81. The maximum Gasteiger partial charge on any atom is 0.262 e. The fourth-order valence-corrected chi connectivity index (χ4v) is 3.48. The molecule has 6 heteroatoms. The highest BCUT2D eigenvalue weighted by molar-refractivity contribution is 7.16. The molecule has 2 aromatic heterocycles. The van der Waals surface area contributed by atoms with Crippen LogP contribution in [0.25, 0.3) is 21.0 Å². The Morgan fingerprint density at radius 3 is 2.88 bits per heavy atom. The second-order valence-electron chi connectivity index (χ2n) is 5.82. The first-order chi connectivity index (χ1) is 12.2. The van der Waals surface area contributed by atoms with Gasteiger partial charge in [-0.15, -0.1) is 11.3 Å². The molecule has 0 bridgehead atoms. The third-order valence-electron chi connectivity index (χ3n) is 4.02. The van der Waals surface area contributed by atoms with Crippen LogP contribution < -0.4 is 10.3 Å². The van der Waals surface area contributed by atoms with Crippen LogP contribution in [-0.2, 0) is 6.54 Å². The summed E-state index contributed by atoms with van der Waals surface area (Å²) < 4.78 is 7.10. The second-order valence-corrected chi connectivity index (χ2v) is 6.71. The third-order valence-corrected chi connectivity index (χ3v) is 4.84. The van der Waals surface area contributed by atoms with Gasteiger partial charge >= 0.3 is 0 Å². The lowest BCUT2D eigenvalue weighted by molar-refractivity contribution is 0.0915. The summed E-state index contributed by atoms with van der Waals surface area (Å²) in [7, 11) is 0. The molecule has 2 aromatic carbocycles. The Bertz CT molecular complexity index is 1090. The van der Waals surface area contributed by atoms with E-state index in [0.717, 1.165) is 10.8 Å². The molecule has 126 valence electrons. The number of aromatic nitrogens is 2. The quantitative estimate of drug-likeness (QED) is 0.600. The average Bonchev–Trinajstić information content (AvgIpc) is 3.12. The van der Waals surface area contributed by atoms with E-state index in [4.69, 9.17) is 4.74 Å². The maximum atomic E-state index is 12.3. The molecule has 0 aliphatic rings. The van der Waals surface area contributed by atoms with Crippen LogP contribution in [0.1, 0.15) is 0 Å². The van der Waals surface area contributed by atoms with Gasteiger partial charge in [-0.3, -0.25) is 9.36 Å². The van der Waals surface area contributed by atoms with Crippen molar-refractivity contribution in [3.8, 4) is 5.75 Å². The van der Waals surface area contributed by atoms with Crippen molar-refractivity contribution in [2.24, 2.45) is 0 Å². The Labute approximate surface area is 147 Å². The molecule has 0 spiro atoms. The van der Waals surface area contributed by atoms with Crippen molar-refractivity contribution >= 4 is 32.3 Å². The average molecular weight is 352 g/mol. The molecular weight excluding hydrogens is 336 g/mol. The van der Waals surface area contributed by atoms with Crippen molar-refractivity contribution in [1.29, 1.82) is 0 Å². The summed E-state index contributed by atoms with van der Waals surface area (Å²) in [6.07, 6.45) is 0.669. The normalized spacial score (nSPS) is 12.5. The molecule has 1 unspecified atom stereocenters. The van der Waals surface area contributed by atoms with Crippen LogP contribution in [0.5, 0.6) is 5.75 Å². The molecule has 0 saturated heterocycles. The standard InChI is InChI=1S/C19H16N2O3S/c22-15(10-21-12-20-18-17(19(21)23)7-8-25-18)11-24-16-6-5-13-3-1-2-4-14(13)9-16/h1-9,12,15,22H,10-11H2. The summed E-state index contributed by atoms with van der Waals surface area (Å²) in [5, 5.41) is 14.8. The smallest absolute Gasteiger partial charge is 0.262 e. The number of hydrogen-bond donors (Lipinski definition) is 1. The van der Waals surface area contributed by atoms with E-state index in [9.17, 15) is 9.90 Å². The number of rotatable bonds is 5. The Morgan fingerprint density at radius 2 is 2.00 bits per heavy atom. The molecule has 0 radical (unpaired) electrons. The summed E-state index contributed by atoms with van der Waals surface area (Å²) in [5.74, 6) is 0.691. The molecule has 0 saturated carbocycles. The lowest BCUT2D eigenvalue weighted by atomic mass is 10.1. The van der Waals surface area contributed by atoms with Gasteiger partial charge in [0.15, 0.2) is 0 Å². The van der Waals surface area contributed by atoms with Gasteiger partial charge in [-0.25, -0.2) is 4.98 Å². The van der Waals surface area contributed by atoms with Gasteiger partial charge in [-0.05, 0) is 34.4 Å². The highest BCUT2D eigenvalue weighted by Gasteiger charge is 2.11. The molecular formula is C19H16N2O3S.